The summed E-state index contributed by atoms with van der Waals surface area (Å²) in [5, 5.41) is 9.35. The van der Waals surface area contributed by atoms with Crippen molar-refractivity contribution in [3.63, 3.8) is 0 Å². The van der Waals surface area contributed by atoms with Gasteiger partial charge in [-0.15, -0.1) is 21.5 Å². The Morgan fingerprint density at radius 3 is 2.88 bits per heavy atom. The number of benzene rings is 1. The van der Waals surface area contributed by atoms with E-state index >= 15 is 0 Å². The molecular weight excluding hydrogens is 362 g/mol. The number of para-hydroxylation sites is 1. The number of amides is 1. The number of nitrogens with two attached hydrogens (primary N) is 1. The van der Waals surface area contributed by atoms with Crippen LogP contribution in [0.1, 0.15) is 19.2 Å². The van der Waals surface area contributed by atoms with Gasteiger partial charge in [0.1, 0.15) is 5.82 Å². The van der Waals surface area contributed by atoms with Crippen LogP contribution in [0, 0.1) is 0 Å². The molecule has 24 heavy (non-hydrogen) atoms. The van der Waals surface area contributed by atoms with Gasteiger partial charge in [-0.3, -0.25) is 4.79 Å². The van der Waals surface area contributed by atoms with Crippen molar-refractivity contribution in [3.05, 3.63) is 30.1 Å². The first-order chi connectivity index (χ1) is 11.7. The SMILES string of the molecule is CCn1c(CSc2nc3ccccc3s2)nnc1SCCC(N)=O. The standard InChI is InChI=1S/C15H17N5OS3/c1-2-20-13(18-19-14(20)22-8-7-12(16)21)9-23-15-17-10-5-3-4-6-11(10)24-15/h3-6H,2,7-9H2,1H3,(H2,16,21). The largest absolute Gasteiger partial charge is 0.370 e. The Balaban J connectivity index is 1.66. The second-order valence-electron chi connectivity index (χ2n) is 4.94. The van der Waals surface area contributed by atoms with E-state index in [2.05, 4.69) is 32.7 Å². The monoisotopic (exact) mass is 379 g/mol. The predicted molar refractivity (Wildman–Crippen MR) is 99.4 cm³/mol. The summed E-state index contributed by atoms with van der Waals surface area (Å²) in [4.78, 5) is 15.5. The van der Waals surface area contributed by atoms with Crippen LogP contribution >= 0.6 is 34.9 Å². The zero-order valence-electron chi connectivity index (χ0n) is 13.1. The van der Waals surface area contributed by atoms with E-state index in [1.54, 1.807) is 23.1 Å². The van der Waals surface area contributed by atoms with E-state index in [0.29, 0.717) is 12.2 Å². The van der Waals surface area contributed by atoms with Gasteiger partial charge in [0.2, 0.25) is 5.91 Å². The van der Waals surface area contributed by atoms with Crippen LogP contribution in [0.15, 0.2) is 33.8 Å². The number of thiazole rings is 1. The second kappa shape index (κ2) is 8.00. The summed E-state index contributed by atoms with van der Waals surface area (Å²) in [6.07, 6.45) is 0.344. The lowest BCUT2D eigenvalue weighted by atomic mass is 10.3. The molecule has 2 N–H and O–H groups in total. The average molecular weight is 380 g/mol. The normalized spacial score (nSPS) is 11.2. The van der Waals surface area contributed by atoms with Crippen LogP contribution in [0.25, 0.3) is 10.2 Å². The lowest BCUT2D eigenvalue weighted by Crippen LogP contribution is -2.11. The van der Waals surface area contributed by atoms with E-state index < -0.39 is 0 Å². The van der Waals surface area contributed by atoms with Gasteiger partial charge in [-0.05, 0) is 19.1 Å². The zero-order valence-corrected chi connectivity index (χ0v) is 15.6. The summed E-state index contributed by atoms with van der Waals surface area (Å²) < 4.78 is 4.30. The maximum Gasteiger partial charge on any atom is 0.218 e. The molecule has 0 spiro atoms. The maximum atomic E-state index is 10.8. The molecule has 1 aromatic carbocycles. The predicted octanol–water partition coefficient (Wildman–Crippen LogP) is 3.17. The van der Waals surface area contributed by atoms with Crippen molar-refractivity contribution in [2.45, 2.75) is 35.1 Å². The van der Waals surface area contributed by atoms with Gasteiger partial charge < -0.3 is 10.3 Å². The highest BCUT2D eigenvalue weighted by molar-refractivity contribution is 8.00. The van der Waals surface area contributed by atoms with Crippen molar-refractivity contribution >= 4 is 51.0 Å². The summed E-state index contributed by atoms with van der Waals surface area (Å²) in [5.41, 5.74) is 6.20. The molecule has 3 rings (SSSR count). The van der Waals surface area contributed by atoms with Crippen LogP contribution in [0.2, 0.25) is 0 Å². The molecule has 2 heterocycles. The molecule has 0 aliphatic heterocycles. The van der Waals surface area contributed by atoms with Crippen LogP contribution in [-0.2, 0) is 17.1 Å². The third kappa shape index (κ3) is 4.08. The minimum absolute atomic E-state index is 0.295. The van der Waals surface area contributed by atoms with Crippen molar-refractivity contribution in [1.29, 1.82) is 0 Å². The topological polar surface area (TPSA) is 86.7 Å². The zero-order chi connectivity index (χ0) is 16.9. The van der Waals surface area contributed by atoms with E-state index in [1.807, 2.05) is 18.2 Å². The van der Waals surface area contributed by atoms with Gasteiger partial charge in [0, 0.05) is 18.7 Å². The lowest BCUT2D eigenvalue weighted by Gasteiger charge is -2.06. The van der Waals surface area contributed by atoms with Crippen LogP contribution in [0.4, 0.5) is 0 Å². The molecule has 1 amide bonds. The first-order valence-corrected chi connectivity index (χ1v) is 10.3. The molecule has 0 saturated heterocycles. The van der Waals surface area contributed by atoms with Crippen molar-refractivity contribution < 1.29 is 4.79 Å². The summed E-state index contributed by atoms with van der Waals surface area (Å²) in [6, 6.07) is 8.13. The van der Waals surface area contributed by atoms with Crippen molar-refractivity contribution in [2.24, 2.45) is 5.73 Å². The number of rotatable bonds is 8. The Hall–Kier alpha value is -1.58. The molecule has 3 aromatic rings. The van der Waals surface area contributed by atoms with Gasteiger partial charge in [0.25, 0.3) is 0 Å². The van der Waals surface area contributed by atoms with Crippen molar-refractivity contribution in [3.8, 4) is 0 Å². The van der Waals surface area contributed by atoms with Crippen LogP contribution in [0.5, 0.6) is 0 Å². The van der Waals surface area contributed by atoms with Crippen LogP contribution in [0.3, 0.4) is 0 Å². The molecule has 0 unspecified atom stereocenters. The molecule has 0 bridgehead atoms. The second-order valence-corrected chi connectivity index (χ2v) is 8.26. The first-order valence-electron chi connectivity index (χ1n) is 7.49. The smallest absolute Gasteiger partial charge is 0.218 e. The lowest BCUT2D eigenvalue weighted by molar-refractivity contribution is -0.117. The number of hydrogen-bond donors (Lipinski definition) is 1. The highest BCUT2D eigenvalue weighted by atomic mass is 32.2. The molecule has 6 nitrogen and oxygen atoms in total. The number of fused-ring (bicyclic) bond motifs is 1. The number of nitrogens with zero attached hydrogens (tertiary/aromatic N) is 4. The summed E-state index contributed by atoms with van der Waals surface area (Å²) >= 11 is 4.88. The number of thioether (sulfide) groups is 2. The molecule has 0 radical (unpaired) electrons. The summed E-state index contributed by atoms with van der Waals surface area (Å²) in [5.74, 6) is 1.97. The molecule has 0 aliphatic rings. The Labute approximate surface area is 152 Å². The van der Waals surface area contributed by atoms with Crippen molar-refractivity contribution in [1.82, 2.24) is 19.7 Å². The minimum Gasteiger partial charge on any atom is -0.370 e. The molecule has 0 fully saturated rings. The fourth-order valence-corrected chi connectivity index (χ4v) is 5.11. The number of carbonyl (C=O) groups excluding carboxylic acids is 1. The Morgan fingerprint density at radius 1 is 1.29 bits per heavy atom. The van der Waals surface area contributed by atoms with Gasteiger partial charge in [0.15, 0.2) is 9.50 Å². The van der Waals surface area contributed by atoms with Gasteiger partial charge >= 0.3 is 0 Å². The fourth-order valence-electron chi connectivity index (χ4n) is 2.13. The van der Waals surface area contributed by atoms with E-state index in [4.69, 9.17) is 5.73 Å². The van der Waals surface area contributed by atoms with E-state index in [9.17, 15) is 4.79 Å². The van der Waals surface area contributed by atoms with Crippen molar-refractivity contribution in [2.75, 3.05) is 5.75 Å². The third-order valence-electron chi connectivity index (χ3n) is 3.29. The van der Waals surface area contributed by atoms with Gasteiger partial charge in [-0.1, -0.05) is 35.7 Å². The number of aromatic nitrogens is 4. The van der Waals surface area contributed by atoms with E-state index in [1.165, 1.54) is 16.5 Å². The van der Waals surface area contributed by atoms with Crippen LogP contribution in [-0.4, -0.2) is 31.4 Å². The fraction of sp³-hybridized carbons (Fsp3) is 0.333. The highest BCUT2D eigenvalue weighted by Gasteiger charge is 2.13. The Bertz CT molecular complexity index is 812. The molecule has 0 atom stereocenters. The number of primary amides is 1. The minimum atomic E-state index is -0.295. The van der Waals surface area contributed by atoms with Crippen LogP contribution < -0.4 is 5.73 Å². The maximum absolute atomic E-state index is 10.8. The van der Waals surface area contributed by atoms with E-state index in [-0.39, 0.29) is 5.91 Å². The molecule has 9 heteroatoms. The average Bonchev–Trinajstić information content (AvgIpc) is 3.15. The molecule has 0 saturated carbocycles. The van der Waals surface area contributed by atoms with Gasteiger partial charge in [0.05, 0.1) is 16.0 Å². The molecular formula is C15H17N5OS3. The Kier molecular flexibility index (Phi) is 5.75. The van der Waals surface area contributed by atoms with E-state index in [0.717, 1.165) is 33.1 Å². The Morgan fingerprint density at radius 2 is 2.12 bits per heavy atom. The number of hydrogen-bond acceptors (Lipinski definition) is 7. The summed E-state index contributed by atoms with van der Waals surface area (Å²) in [6.45, 7) is 2.86. The summed E-state index contributed by atoms with van der Waals surface area (Å²) in [7, 11) is 0. The van der Waals surface area contributed by atoms with Gasteiger partial charge in [-0.25, -0.2) is 4.98 Å². The first kappa shape index (κ1) is 17.2. The molecule has 0 aliphatic carbocycles. The molecule has 2 aromatic heterocycles. The number of carbonyl (C=O) groups is 1. The molecule has 126 valence electrons. The highest BCUT2D eigenvalue weighted by Crippen LogP contribution is 2.31. The third-order valence-corrected chi connectivity index (χ3v) is 6.43. The van der Waals surface area contributed by atoms with Gasteiger partial charge in [-0.2, -0.15) is 0 Å². The quantitative estimate of drug-likeness (QED) is 0.605.